The van der Waals surface area contributed by atoms with E-state index in [1.54, 1.807) is 18.5 Å². The van der Waals surface area contributed by atoms with E-state index in [4.69, 9.17) is 0 Å². The molecule has 0 atom stereocenters. The first-order valence-electron chi connectivity index (χ1n) is 5.76. The van der Waals surface area contributed by atoms with Crippen LogP contribution in [0.5, 0.6) is 0 Å². The van der Waals surface area contributed by atoms with Crippen LogP contribution in [0.4, 0.5) is 0 Å². The van der Waals surface area contributed by atoms with Crippen molar-refractivity contribution in [1.82, 2.24) is 9.97 Å². The van der Waals surface area contributed by atoms with Gasteiger partial charge in [0.25, 0.3) is 0 Å². The minimum atomic E-state index is 0.858. The second-order valence-electron chi connectivity index (χ2n) is 3.85. The molecule has 0 aliphatic carbocycles. The Kier molecular flexibility index (Phi) is 4.31. The van der Waals surface area contributed by atoms with E-state index in [2.05, 4.69) is 29.7 Å². The van der Waals surface area contributed by atoms with Crippen LogP contribution in [0.2, 0.25) is 0 Å². The van der Waals surface area contributed by atoms with Gasteiger partial charge >= 0.3 is 0 Å². The molecule has 0 bridgehead atoms. The average Bonchev–Trinajstić information content (AvgIpc) is 2.44. The Hall–Kier alpha value is -2.13. The number of thioether (sulfide) groups is 1. The lowest BCUT2D eigenvalue weighted by atomic mass is 10.2. The van der Waals surface area contributed by atoms with Gasteiger partial charge < -0.3 is 0 Å². The standard InChI is InChI=1S/C16H14N2S/c1-4-5-6-12(2)19-13(3)15-8-7-14-11-17-10-9-16(14)18-15/h4-11H,1-3H2/b6-5+. The van der Waals surface area contributed by atoms with Gasteiger partial charge in [0.05, 0.1) is 11.2 Å². The number of nitrogens with zero attached hydrogens (tertiary/aromatic N) is 2. The van der Waals surface area contributed by atoms with Crippen LogP contribution < -0.4 is 0 Å². The molecule has 2 rings (SSSR count). The lowest BCUT2D eigenvalue weighted by Crippen LogP contribution is -1.87. The number of pyridine rings is 2. The Balaban J connectivity index is 2.19. The zero-order chi connectivity index (χ0) is 13.7. The predicted octanol–water partition coefficient (Wildman–Crippen LogP) is 4.59. The Morgan fingerprint density at radius 1 is 1.21 bits per heavy atom. The summed E-state index contributed by atoms with van der Waals surface area (Å²) >= 11 is 1.50. The zero-order valence-electron chi connectivity index (χ0n) is 10.5. The average molecular weight is 266 g/mol. The lowest BCUT2D eigenvalue weighted by Gasteiger charge is -2.05. The van der Waals surface area contributed by atoms with Gasteiger partial charge in [-0.05, 0) is 24.3 Å². The van der Waals surface area contributed by atoms with Gasteiger partial charge in [-0.25, -0.2) is 4.98 Å². The van der Waals surface area contributed by atoms with Crippen molar-refractivity contribution in [2.45, 2.75) is 0 Å². The van der Waals surface area contributed by atoms with Gasteiger partial charge in [-0.1, -0.05) is 43.7 Å². The summed E-state index contributed by atoms with van der Waals surface area (Å²) in [5.74, 6) is 0. The normalized spacial score (nSPS) is 10.7. The minimum absolute atomic E-state index is 0.858. The molecule has 0 spiro atoms. The number of aromatic nitrogens is 2. The molecule has 0 fully saturated rings. The van der Waals surface area contributed by atoms with Crippen LogP contribution in [-0.4, -0.2) is 9.97 Å². The monoisotopic (exact) mass is 266 g/mol. The van der Waals surface area contributed by atoms with E-state index in [0.29, 0.717) is 0 Å². The molecule has 0 saturated heterocycles. The highest BCUT2D eigenvalue weighted by Crippen LogP contribution is 2.31. The molecular weight excluding hydrogens is 252 g/mol. The van der Waals surface area contributed by atoms with Crippen LogP contribution in [0.3, 0.4) is 0 Å². The fraction of sp³-hybridized carbons (Fsp3) is 0. The molecule has 2 heterocycles. The van der Waals surface area contributed by atoms with Gasteiger partial charge in [0.2, 0.25) is 0 Å². The Morgan fingerprint density at radius 2 is 2.05 bits per heavy atom. The maximum absolute atomic E-state index is 4.56. The zero-order valence-corrected chi connectivity index (χ0v) is 11.4. The molecule has 0 amide bonds. The van der Waals surface area contributed by atoms with E-state index in [1.807, 2.05) is 30.4 Å². The highest BCUT2D eigenvalue weighted by atomic mass is 32.2. The van der Waals surface area contributed by atoms with Crippen LogP contribution in [0, 0.1) is 0 Å². The van der Waals surface area contributed by atoms with Crippen molar-refractivity contribution in [2.24, 2.45) is 0 Å². The van der Waals surface area contributed by atoms with E-state index in [-0.39, 0.29) is 0 Å². The summed E-state index contributed by atoms with van der Waals surface area (Å²) in [4.78, 5) is 10.4. The van der Waals surface area contributed by atoms with Gasteiger partial charge in [0.1, 0.15) is 0 Å². The van der Waals surface area contributed by atoms with Crippen molar-refractivity contribution >= 4 is 27.6 Å². The first kappa shape index (κ1) is 13.3. The van der Waals surface area contributed by atoms with Crippen LogP contribution in [-0.2, 0) is 0 Å². The molecule has 3 heteroatoms. The summed E-state index contributed by atoms with van der Waals surface area (Å²) in [6.45, 7) is 11.6. The van der Waals surface area contributed by atoms with Gasteiger partial charge in [-0.3, -0.25) is 4.98 Å². The molecule has 2 nitrogen and oxygen atoms in total. The molecule has 94 valence electrons. The third-order valence-electron chi connectivity index (χ3n) is 2.45. The maximum Gasteiger partial charge on any atom is 0.0770 e. The molecule has 0 aromatic carbocycles. The first-order valence-corrected chi connectivity index (χ1v) is 6.58. The van der Waals surface area contributed by atoms with E-state index in [9.17, 15) is 0 Å². The quantitative estimate of drug-likeness (QED) is 0.740. The predicted molar refractivity (Wildman–Crippen MR) is 84.6 cm³/mol. The Labute approximate surface area is 117 Å². The topological polar surface area (TPSA) is 25.8 Å². The molecule has 0 radical (unpaired) electrons. The van der Waals surface area contributed by atoms with Crippen molar-refractivity contribution in [3.63, 3.8) is 0 Å². The van der Waals surface area contributed by atoms with Gasteiger partial charge in [-0.15, -0.1) is 0 Å². The summed E-state index contributed by atoms with van der Waals surface area (Å²) in [5, 5.41) is 1.02. The second-order valence-corrected chi connectivity index (χ2v) is 5.07. The highest BCUT2D eigenvalue weighted by molar-refractivity contribution is 8.11. The Bertz CT molecular complexity index is 671. The smallest absolute Gasteiger partial charge is 0.0770 e. The lowest BCUT2D eigenvalue weighted by molar-refractivity contribution is 1.31. The SMILES string of the molecule is C=C/C=C/C(=C)SC(=C)c1ccc2cnccc2n1. The number of rotatable bonds is 5. The largest absolute Gasteiger partial charge is 0.264 e. The van der Waals surface area contributed by atoms with Crippen LogP contribution in [0.1, 0.15) is 5.69 Å². The van der Waals surface area contributed by atoms with Crippen molar-refractivity contribution in [3.8, 4) is 0 Å². The van der Waals surface area contributed by atoms with Crippen molar-refractivity contribution < 1.29 is 0 Å². The molecule has 0 unspecified atom stereocenters. The molecule has 0 N–H and O–H groups in total. The molecule has 2 aromatic heterocycles. The maximum atomic E-state index is 4.56. The number of hydrogen-bond acceptors (Lipinski definition) is 3. The third kappa shape index (κ3) is 3.42. The Morgan fingerprint density at radius 3 is 2.84 bits per heavy atom. The minimum Gasteiger partial charge on any atom is -0.264 e. The number of fused-ring (bicyclic) bond motifs is 1. The summed E-state index contributed by atoms with van der Waals surface area (Å²) < 4.78 is 0. The first-order chi connectivity index (χ1) is 9.20. The molecule has 0 saturated carbocycles. The van der Waals surface area contributed by atoms with Crippen molar-refractivity contribution in [2.75, 3.05) is 0 Å². The van der Waals surface area contributed by atoms with Crippen molar-refractivity contribution in [3.05, 3.63) is 79.2 Å². The van der Waals surface area contributed by atoms with Gasteiger partial charge in [0.15, 0.2) is 0 Å². The summed E-state index contributed by atoms with van der Waals surface area (Å²) in [6.07, 6.45) is 9.00. The fourth-order valence-corrected chi connectivity index (χ4v) is 2.22. The summed E-state index contributed by atoms with van der Waals surface area (Å²) in [5.41, 5.74) is 1.78. The van der Waals surface area contributed by atoms with Gasteiger partial charge in [-0.2, -0.15) is 0 Å². The van der Waals surface area contributed by atoms with Crippen molar-refractivity contribution in [1.29, 1.82) is 0 Å². The second kappa shape index (κ2) is 6.16. The molecule has 19 heavy (non-hydrogen) atoms. The number of allylic oxidation sites excluding steroid dienone is 3. The molecule has 2 aromatic rings. The van der Waals surface area contributed by atoms with Crippen LogP contribution >= 0.6 is 11.8 Å². The fourth-order valence-electron chi connectivity index (χ4n) is 1.54. The molecule has 0 aliphatic heterocycles. The highest BCUT2D eigenvalue weighted by Gasteiger charge is 2.04. The molecular formula is C16H14N2S. The summed E-state index contributed by atoms with van der Waals surface area (Å²) in [7, 11) is 0. The molecule has 0 aliphatic rings. The van der Waals surface area contributed by atoms with E-state index in [1.165, 1.54) is 11.8 Å². The van der Waals surface area contributed by atoms with E-state index < -0.39 is 0 Å². The van der Waals surface area contributed by atoms with Gasteiger partial charge in [0, 0.05) is 27.6 Å². The van der Waals surface area contributed by atoms with E-state index in [0.717, 1.165) is 26.4 Å². The third-order valence-corrected chi connectivity index (χ3v) is 3.30. The summed E-state index contributed by atoms with van der Waals surface area (Å²) in [6, 6.07) is 5.84. The van der Waals surface area contributed by atoms with E-state index >= 15 is 0 Å². The van der Waals surface area contributed by atoms with Crippen LogP contribution in [0.25, 0.3) is 15.8 Å². The van der Waals surface area contributed by atoms with Crippen LogP contribution in [0.15, 0.2) is 73.5 Å². The number of hydrogen-bond donors (Lipinski definition) is 0.